The maximum Gasteiger partial charge on any atom is 0.228 e. The lowest BCUT2D eigenvalue weighted by Gasteiger charge is -2.12. The maximum absolute atomic E-state index is 12.0. The van der Waals surface area contributed by atoms with Crippen LogP contribution < -0.4 is 11.1 Å². The normalized spacial score (nSPS) is 17.6. The Morgan fingerprint density at radius 3 is 2.94 bits per heavy atom. The average molecular weight is 251 g/mol. The Balaban J connectivity index is 2.17. The molecule has 18 heavy (non-hydrogen) atoms. The van der Waals surface area contributed by atoms with Gasteiger partial charge in [-0.2, -0.15) is 5.10 Å². The molecule has 0 saturated heterocycles. The van der Waals surface area contributed by atoms with Gasteiger partial charge < -0.3 is 16.3 Å². The lowest BCUT2D eigenvalue weighted by atomic mass is 10.1. The summed E-state index contributed by atoms with van der Waals surface area (Å²) in [5.74, 6) is 0.763. The first-order chi connectivity index (χ1) is 8.54. The number of carbonyl (C=O) groups excluding carboxylic acids is 1. The van der Waals surface area contributed by atoms with Gasteiger partial charge in [0.05, 0.1) is 11.8 Å². The Bertz CT molecular complexity index is 490. The zero-order chi connectivity index (χ0) is 13.3. The van der Waals surface area contributed by atoms with Gasteiger partial charge in [0, 0.05) is 13.0 Å². The summed E-state index contributed by atoms with van der Waals surface area (Å²) in [5.41, 5.74) is 5.94. The standard InChI is InChI=1S/C11H17N5O2/c1-6(7-3-4-7)11(17)14-10-8(9(12)15-18)5-13-16(10)2/h5-7,18H,3-4H2,1-2H3,(H2,12,15)(H,14,17). The Labute approximate surface area is 105 Å². The lowest BCUT2D eigenvalue weighted by Crippen LogP contribution is -2.25. The summed E-state index contributed by atoms with van der Waals surface area (Å²) in [6.07, 6.45) is 3.66. The second-order valence-electron chi connectivity index (χ2n) is 4.63. The molecule has 0 aromatic carbocycles. The molecule has 1 fully saturated rings. The summed E-state index contributed by atoms with van der Waals surface area (Å²) in [6, 6.07) is 0. The van der Waals surface area contributed by atoms with Crippen LogP contribution in [-0.2, 0) is 11.8 Å². The number of amides is 1. The highest BCUT2D eigenvalue weighted by Gasteiger charge is 2.33. The summed E-state index contributed by atoms with van der Waals surface area (Å²) in [4.78, 5) is 12.0. The van der Waals surface area contributed by atoms with Crippen LogP contribution in [0.25, 0.3) is 0 Å². The van der Waals surface area contributed by atoms with E-state index in [1.54, 1.807) is 7.05 Å². The van der Waals surface area contributed by atoms with E-state index < -0.39 is 0 Å². The third-order valence-corrected chi connectivity index (χ3v) is 3.31. The van der Waals surface area contributed by atoms with Gasteiger partial charge in [0.25, 0.3) is 0 Å². The molecule has 2 rings (SSSR count). The number of hydrogen-bond acceptors (Lipinski definition) is 4. The number of nitrogens with zero attached hydrogens (tertiary/aromatic N) is 3. The van der Waals surface area contributed by atoms with Gasteiger partial charge in [0.2, 0.25) is 5.91 Å². The predicted octanol–water partition coefficient (Wildman–Crippen LogP) is 0.499. The number of aromatic nitrogens is 2. The van der Waals surface area contributed by atoms with E-state index in [0.717, 1.165) is 12.8 Å². The fourth-order valence-corrected chi connectivity index (χ4v) is 1.87. The van der Waals surface area contributed by atoms with Crippen molar-refractivity contribution in [2.45, 2.75) is 19.8 Å². The van der Waals surface area contributed by atoms with E-state index in [1.807, 2.05) is 6.92 Å². The number of hydrogen-bond donors (Lipinski definition) is 3. The second-order valence-corrected chi connectivity index (χ2v) is 4.63. The van der Waals surface area contributed by atoms with Crippen molar-refractivity contribution in [1.82, 2.24) is 9.78 Å². The minimum Gasteiger partial charge on any atom is -0.409 e. The second kappa shape index (κ2) is 4.67. The highest BCUT2D eigenvalue weighted by Crippen LogP contribution is 2.37. The number of amidine groups is 1. The van der Waals surface area contributed by atoms with Crippen molar-refractivity contribution in [3.05, 3.63) is 11.8 Å². The van der Waals surface area contributed by atoms with Crippen LogP contribution in [0.15, 0.2) is 11.4 Å². The summed E-state index contributed by atoms with van der Waals surface area (Å²) in [7, 11) is 1.69. The van der Waals surface area contributed by atoms with Crippen LogP contribution in [0, 0.1) is 11.8 Å². The Morgan fingerprint density at radius 2 is 2.39 bits per heavy atom. The predicted molar refractivity (Wildman–Crippen MR) is 66.2 cm³/mol. The first kappa shape index (κ1) is 12.4. The molecule has 0 radical (unpaired) electrons. The van der Waals surface area contributed by atoms with Crippen molar-refractivity contribution in [2.24, 2.45) is 29.8 Å². The summed E-state index contributed by atoms with van der Waals surface area (Å²) < 4.78 is 1.49. The van der Waals surface area contributed by atoms with Crippen molar-refractivity contribution in [3.8, 4) is 0 Å². The number of carbonyl (C=O) groups is 1. The minimum absolute atomic E-state index is 0.0277. The molecule has 0 spiro atoms. The zero-order valence-electron chi connectivity index (χ0n) is 10.4. The van der Waals surface area contributed by atoms with E-state index in [0.29, 0.717) is 17.3 Å². The molecule has 4 N–H and O–H groups in total. The largest absolute Gasteiger partial charge is 0.409 e. The van der Waals surface area contributed by atoms with Gasteiger partial charge in [0.1, 0.15) is 5.82 Å². The lowest BCUT2D eigenvalue weighted by molar-refractivity contribution is -0.120. The van der Waals surface area contributed by atoms with Crippen LogP contribution in [0.3, 0.4) is 0 Å². The van der Waals surface area contributed by atoms with Crippen LogP contribution in [-0.4, -0.2) is 26.7 Å². The van der Waals surface area contributed by atoms with E-state index in [1.165, 1.54) is 10.9 Å². The number of aryl methyl sites for hydroxylation is 1. The summed E-state index contributed by atoms with van der Waals surface area (Å²) >= 11 is 0. The first-order valence-electron chi connectivity index (χ1n) is 5.85. The van der Waals surface area contributed by atoms with Crippen LogP contribution in [0.2, 0.25) is 0 Å². The number of oxime groups is 1. The van der Waals surface area contributed by atoms with Crippen molar-refractivity contribution in [3.63, 3.8) is 0 Å². The first-order valence-corrected chi connectivity index (χ1v) is 5.85. The quantitative estimate of drug-likeness (QED) is 0.313. The molecule has 1 unspecified atom stereocenters. The fraction of sp³-hybridized carbons (Fsp3) is 0.545. The highest BCUT2D eigenvalue weighted by atomic mass is 16.4. The number of nitrogens with one attached hydrogen (secondary N) is 1. The molecule has 1 amide bonds. The number of rotatable bonds is 4. The molecule has 1 aliphatic rings. The van der Waals surface area contributed by atoms with Crippen molar-refractivity contribution in [1.29, 1.82) is 0 Å². The van der Waals surface area contributed by atoms with Crippen LogP contribution >= 0.6 is 0 Å². The van der Waals surface area contributed by atoms with E-state index in [-0.39, 0.29) is 17.7 Å². The molecule has 0 aliphatic heterocycles. The number of nitrogens with two attached hydrogens (primary N) is 1. The Kier molecular flexibility index (Phi) is 3.22. The van der Waals surface area contributed by atoms with Crippen LogP contribution in [0.1, 0.15) is 25.3 Å². The van der Waals surface area contributed by atoms with E-state index >= 15 is 0 Å². The van der Waals surface area contributed by atoms with Gasteiger partial charge in [-0.25, -0.2) is 0 Å². The van der Waals surface area contributed by atoms with Gasteiger partial charge in [-0.05, 0) is 18.8 Å². The zero-order valence-corrected chi connectivity index (χ0v) is 10.4. The minimum atomic E-state index is -0.0718. The topological polar surface area (TPSA) is 106 Å². The van der Waals surface area contributed by atoms with Gasteiger partial charge in [-0.3, -0.25) is 9.48 Å². The van der Waals surface area contributed by atoms with Gasteiger partial charge in [-0.1, -0.05) is 12.1 Å². The summed E-state index contributed by atoms with van der Waals surface area (Å²) in [5, 5.41) is 18.4. The van der Waals surface area contributed by atoms with E-state index in [2.05, 4.69) is 15.6 Å². The molecule has 1 saturated carbocycles. The molecule has 1 atom stereocenters. The van der Waals surface area contributed by atoms with Crippen molar-refractivity contribution < 1.29 is 10.0 Å². The average Bonchev–Trinajstić information content (AvgIpc) is 3.14. The molecule has 98 valence electrons. The van der Waals surface area contributed by atoms with Crippen molar-refractivity contribution >= 4 is 17.6 Å². The Hall–Kier alpha value is -2.05. The molecule has 7 heteroatoms. The molecule has 1 heterocycles. The molecule has 1 aromatic rings. The van der Waals surface area contributed by atoms with E-state index in [4.69, 9.17) is 10.9 Å². The third-order valence-electron chi connectivity index (χ3n) is 3.31. The van der Waals surface area contributed by atoms with Gasteiger partial charge in [-0.15, -0.1) is 0 Å². The smallest absolute Gasteiger partial charge is 0.228 e. The molecular formula is C11H17N5O2. The number of anilines is 1. The molecule has 1 aliphatic carbocycles. The van der Waals surface area contributed by atoms with Crippen LogP contribution in [0.4, 0.5) is 5.82 Å². The van der Waals surface area contributed by atoms with Gasteiger partial charge in [0.15, 0.2) is 5.84 Å². The molecule has 1 aromatic heterocycles. The monoisotopic (exact) mass is 251 g/mol. The van der Waals surface area contributed by atoms with Crippen molar-refractivity contribution in [2.75, 3.05) is 5.32 Å². The molecule has 7 nitrogen and oxygen atoms in total. The fourth-order valence-electron chi connectivity index (χ4n) is 1.87. The van der Waals surface area contributed by atoms with E-state index in [9.17, 15) is 4.79 Å². The Morgan fingerprint density at radius 1 is 1.72 bits per heavy atom. The third kappa shape index (κ3) is 2.29. The summed E-state index contributed by atoms with van der Waals surface area (Å²) in [6.45, 7) is 1.91. The van der Waals surface area contributed by atoms with Crippen LogP contribution in [0.5, 0.6) is 0 Å². The maximum atomic E-state index is 12.0. The SMILES string of the molecule is CC(C(=O)Nc1c(C(N)=NO)cnn1C)C1CC1. The highest BCUT2D eigenvalue weighted by molar-refractivity contribution is 6.04. The van der Waals surface area contributed by atoms with Gasteiger partial charge >= 0.3 is 0 Å². The molecular weight excluding hydrogens is 234 g/mol. The molecule has 0 bridgehead atoms.